The Bertz CT molecular complexity index is 640. The number of nitrogens with zero attached hydrogens (tertiary/aromatic N) is 3. The third kappa shape index (κ3) is 2.82. The summed E-state index contributed by atoms with van der Waals surface area (Å²) in [5, 5.41) is 8.96. The topological polar surface area (TPSA) is 41.6 Å². The number of nitriles is 1. The van der Waals surface area contributed by atoms with Crippen LogP contribution in [0.25, 0.3) is 11.0 Å². The van der Waals surface area contributed by atoms with Gasteiger partial charge in [0.1, 0.15) is 17.4 Å². The van der Waals surface area contributed by atoms with Gasteiger partial charge in [0.2, 0.25) is 0 Å². The van der Waals surface area contributed by atoms with Gasteiger partial charge in [0.15, 0.2) is 0 Å². The van der Waals surface area contributed by atoms with E-state index < -0.39 is 12.6 Å². The molecule has 3 nitrogen and oxygen atoms in total. The van der Waals surface area contributed by atoms with E-state index in [1.807, 2.05) is 6.07 Å². The van der Waals surface area contributed by atoms with Crippen molar-refractivity contribution in [1.82, 2.24) is 9.55 Å². The van der Waals surface area contributed by atoms with E-state index in [0.29, 0.717) is 22.4 Å². The van der Waals surface area contributed by atoms with E-state index in [9.17, 15) is 13.2 Å². The van der Waals surface area contributed by atoms with Crippen LogP contribution < -0.4 is 0 Å². The number of rotatable bonds is 3. The van der Waals surface area contributed by atoms with Gasteiger partial charge in [-0.15, -0.1) is 11.6 Å². The molecule has 100 valence electrons. The van der Waals surface area contributed by atoms with Crippen LogP contribution in [0.5, 0.6) is 0 Å². The fourth-order valence-corrected chi connectivity index (χ4v) is 2.08. The van der Waals surface area contributed by atoms with Gasteiger partial charge in [0.05, 0.1) is 23.4 Å². The van der Waals surface area contributed by atoms with Crippen LogP contribution in [0.15, 0.2) is 18.2 Å². The molecule has 0 saturated carbocycles. The molecule has 0 amide bonds. The normalized spacial score (nSPS) is 11.7. The fraction of sp³-hybridized carbons (Fsp3) is 0.333. The second kappa shape index (κ2) is 5.10. The van der Waals surface area contributed by atoms with Gasteiger partial charge in [-0.3, -0.25) is 0 Å². The average molecular weight is 288 g/mol. The third-order valence-electron chi connectivity index (χ3n) is 2.72. The van der Waals surface area contributed by atoms with Crippen LogP contribution in [0.4, 0.5) is 13.2 Å². The zero-order valence-electron chi connectivity index (χ0n) is 9.71. The third-order valence-corrected chi connectivity index (χ3v) is 2.96. The second-order valence-electron chi connectivity index (χ2n) is 3.96. The Balaban J connectivity index is 2.50. The SMILES string of the molecule is N#Cc1cccc2c1nc(CCl)n2CCC(F)(F)F. The van der Waals surface area contributed by atoms with Crippen LogP contribution in [-0.2, 0) is 12.4 Å². The van der Waals surface area contributed by atoms with Crippen molar-refractivity contribution in [3.8, 4) is 6.07 Å². The number of fused-ring (bicyclic) bond motifs is 1. The quantitative estimate of drug-likeness (QED) is 0.809. The molecule has 0 aliphatic carbocycles. The summed E-state index contributed by atoms with van der Waals surface area (Å²) in [6, 6.07) is 6.79. The van der Waals surface area contributed by atoms with E-state index in [-0.39, 0.29) is 12.4 Å². The Morgan fingerprint density at radius 2 is 2.11 bits per heavy atom. The first-order valence-electron chi connectivity index (χ1n) is 5.47. The van der Waals surface area contributed by atoms with Crippen molar-refractivity contribution in [2.45, 2.75) is 25.0 Å². The molecular weight excluding hydrogens is 279 g/mol. The van der Waals surface area contributed by atoms with Crippen LogP contribution >= 0.6 is 11.6 Å². The summed E-state index contributed by atoms with van der Waals surface area (Å²) in [6.45, 7) is -0.253. The van der Waals surface area contributed by atoms with Gasteiger partial charge < -0.3 is 4.57 Å². The predicted molar refractivity (Wildman–Crippen MR) is 64.7 cm³/mol. The molecule has 1 heterocycles. The largest absolute Gasteiger partial charge is 0.390 e. The lowest BCUT2D eigenvalue weighted by atomic mass is 10.2. The first-order chi connectivity index (χ1) is 8.96. The molecule has 0 N–H and O–H groups in total. The van der Waals surface area contributed by atoms with Crippen LogP contribution in [0.2, 0.25) is 0 Å². The fourth-order valence-electron chi connectivity index (χ4n) is 1.88. The van der Waals surface area contributed by atoms with Crippen LogP contribution in [0.1, 0.15) is 17.8 Å². The van der Waals surface area contributed by atoms with Gasteiger partial charge in [0.25, 0.3) is 0 Å². The minimum Gasteiger partial charge on any atom is -0.327 e. The van der Waals surface area contributed by atoms with Crippen molar-refractivity contribution in [2.24, 2.45) is 0 Å². The molecule has 0 radical (unpaired) electrons. The molecular formula is C12H9ClF3N3. The maximum Gasteiger partial charge on any atom is 0.390 e. The number of para-hydroxylation sites is 1. The highest BCUT2D eigenvalue weighted by atomic mass is 35.5. The Labute approximate surface area is 112 Å². The Morgan fingerprint density at radius 1 is 1.37 bits per heavy atom. The lowest BCUT2D eigenvalue weighted by molar-refractivity contribution is -0.136. The van der Waals surface area contributed by atoms with Crippen molar-refractivity contribution < 1.29 is 13.2 Å². The molecule has 0 unspecified atom stereocenters. The van der Waals surface area contributed by atoms with Crippen molar-refractivity contribution in [3.63, 3.8) is 0 Å². The van der Waals surface area contributed by atoms with E-state index in [4.69, 9.17) is 16.9 Å². The molecule has 0 saturated heterocycles. The molecule has 0 atom stereocenters. The van der Waals surface area contributed by atoms with Gasteiger partial charge >= 0.3 is 6.18 Å². The first-order valence-corrected chi connectivity index (χ1v) is 6.00. The van der Waals surface area contributed by atoms with Gasteiger partial charge in [-0.1, -0.05) is 6.07 Å². The number of alkyl halides is 4. The summed E-state index contributed by atoms with van der Waals surface area (Å²) in [4.78, 5) is 4.14. The molecule has 1 aromatic heterocycles. The van der Waals surface area contributed by atoms with Crippen molar-refractivity contribution in [3.05, 3.63) is 29.6 Å². The van der Waals surface area contributed by atoms with Gasteiger partial charge in [-0.2, -0.15) is 18.4 Å². The highest BCUT2D eigenvalue weighted by Gasteiger charge is 2.27. The summed E-state index contributed by atoms with van der Waals surface area (Å²) in [5.74, 6) is 0.334. The van der Waals surface area contributed by atoms with Crippen molar-refractivity contribution >= 4 is 22.6 Å². The predicted octanol–water partition coefficient (Wildman–Crippen LogP) is 3.60. The number of benzene rings is 1. The highest BCUT2D eigenvalue weighted by molar-refractivity contribution is 6.16. The summed E-state index contributed by atoms with van der Waals surface area (Å²) in [7, 11) is 0. The molecule has 0 aliphatic heterocycles. The smallest absolute Gasteiger partial charge is 0.327 e. The molecule has 0 bridgehead atoms. The number of hydrogen-bond acceptors (Lipinski definition) is 2. The maximum atomic E-state index is 12.3. The molecule has 0 aliphatic rings. The summed E-state index contributed by atoms with van der Waals surface area (Å²) in [6.07, 6.45) is -5.20. The molecule has 7 heteroatoms. The van der Waals surface area contributed by atoms with E-state index in [2.05, 4.69) is 4.98 Å². The Hall–Kier alpha value is -1.74. The molecule has 0 fully saturated rings. The lowest BCUT2D eigenvalue weighted by Gasteiger charge is -2.10. The number of imidazole rings is 1. The minimum absolute atomic E-state index is 0.00257. The maximum absolute atomic E-state index is 12.3. The Kier molecular flexibility index (Phi) is 3.67. The van der Waals surface area contributed by atoms with Crippen molar-refractivity contribution in [1.29, 1.82) is 5.26 Å². The number of hydrogen-bond donors (Lipinski definition) is 0. The van der Waals surface area contributed by atoms with Crippen LogP contribution in [0, 0.1) is 11.3 Å². The van der Waals surface area contributed by atoms with E-state index >= 15 is 0 Å². The molecule has 2 aromatic rings. The minimum atomic E-state index is -4.24. The summed E-state index contributed by atoms with van der Waals surface area (Å²) in [5.41, 5.74) is 1.22. The van der Waals surface area contributed by atoms with E-state index in [1.54, 1.807) is 18.2 Å². The summed E-state index contributed by atoms with van der Waals surface area (Å²) >= 11 is 5.70. The van der Waals surface area contributed by atoms with Crippen molar-refractivity contribution in [2.75, 3.05) is 0 Å². The van der Waals surface area contributed by atoms with E-state index in [0.717, 1.165) is 0 Å². The van der Waals surface area contributed by atoms with E-state index in [1.165, 1.54) is 4.57 Å². The highest BCUT2D eigenvalue weighted by Crippen LogP contribution is 2.25. The lowest BCUT2D eigenvalue weighted by Crippen LogP contribution is -2.13. The monoisotopic (exact) mass is 287 g/mol. The molecule has 0 spiro atoms. The van der Waals surface area contributed by atoms with Crippen LogP contribution in [0.3, 0.4) is 0 Å². The zero-order valence-corrected chi connectivity index (χ0v) is 10.5. The first kappa shape index (κ1) is 13.7. The summed E-state index contributed by atoms with van der Waals surface area (Å²) < 4.78 is 38.3. The zero-order chi connectivity index (χ0) is 14.0. The molecule has 19 heavy (non-hydrogen) atoms. The van der Waals surface area contributed by atoms with Gasteiger partial charge in [-0.05, 0) is 12.1 Å². The Morgan fingerprint density at radius 3 is 2.68 bits per heavy atom. The molecule has 1 aromatic carbocycles. The van der Waals surface area contributed by atoms with Gasteiger partial charge in [0, 0.05) is 6.54 Å². The average Bonchev–Trinajstić information content (AvgIpc) is 2.73. The number of aromatic nitrogens is 2. The second-order valence-corrected chi connectivity index (χ2v) is 4.23. The van der Waals surface area contributed by atoms with Crippen LogP contribution in [-0.4, -0.2) is 15.7 Å². The molecule has 2 rings (SSSR count). The standard InChI is InChI=1S/C12H9ClF3N3/c13-6-10-18-11-8(7-17)2-1-3-9(11)19(10)5-4-12(14,15)16/h1-3H,4-6H2. The number of aryl methyl sites for hydroxylation is 1. The van der Waals surface area contributed by atoms with Gasteiger partial charge in [-0.25, -0.2) is 4.98 Å². The number of halogens is 4.